The number of nitrogens with one attached hydrogen (secondary N) is 1. The van der Waals surface area contributed by atoms with Gasteiger partial charge in [0.25, 0.3) is 0 Å². The van der Waals surface area contributed by atoms with Crippen LogP contribution in [-0.4, -0.2) is 29.9 Å². The van der Waals surface area contributed by atoms with Crippen molar-refractivity contribution in [3.8, 4) is 0 Å². The number of rotatable bonds is 1. The third kappa shape index (κ3) is 2.26. The van der Waals surface area contributed by atoms with Gasteiger partial charge >= 0.3 is 0 Å². The number of hydrogen-bond acceptors (Lipinski definition) is 3. The highest BCUT2D eigenvalue weighted by Gasteiger charge is 2.39. The highest BCUT2D eigenvalue weighted by molar-refractivity contribution is 8.00. The van der Waals surface area contributed by atoms with E-state index in [1.165, 1.54) is 25.1 Å². The zero-order valence-corrected chi connectivity index (χ0v) is 10.0. The van der Waals surface area contributed by atoms with Gasteiger partial charge < -0.3 is 10.1 Å². The van der Waals surface area contributed by atoms with Crippen LogP contribution < -0.4 is 5.32 Å². The lowest BCUT2D eigenvalue weighted by Crippen LogP contribution is -2.53. The number of hydrogen-bond donors (Lipinski definition) is 1. The number of ether oxygens (including phenoxy) is 1. The summed E-state index contributed by atoms with van der Waals surface area (Å²) < 4.78 is 5.73. The molecule has 2 saturated heterocycles. The van der Waals surface area contributed by atoms with Gasteiger partial charge in [0.15, 0.2) is 0 Å². The molecular formula is C11H21NOS. The zero-order chi connectivity index (χ0) is 10.0. The molecule has 1 N–H and O–H groups in total. The molecule has 0 aromatic carbocycles. The van der Waals surface area contributed by atoms with Crippen molar-refractivity contribution in [3.63, 3.8) is 0 Å². The van der Waals surface area contributed by atoms with Crippen molar-refractivity contribution in [2.24, 2.45) is 5.92 Å². The highest BCUT2D eigenvalue weighted by atomic mass is 32.2. The summed E-state index contributed by atoms with van der Waals surface area (Å²) in [5, 5.41) is 3.73. The Hall–Kier alpha value is 0.270. The topological polar surface area (TPSA) is 21.3 Å². The van der Waals surface area contributed by atoms with Crippen molar-refractivity contribution in [3.05, 3.63) is 0 Å². The van der Waals surface area contributed by atoms with Crippen molar-refractivity contribution < 1.29 is 4.74 Å². The first-order valence-electron chi connectivity index (χ1n) is 5.75. The van der Waals surface area contributed by atoms with E-state index in [2.05, 4.69) is 30.9 Å². The quantitative estimate of drug-likeness (QED) is 0.725. The molecule has 14 heavy (non-hydrogen) atoms. The molecule has 2 fully saturated rings. The average Bonchev–Trinajstić information content (AvgIpc) is 2.23. The third-order valence-corrected chi connectivity index (χ3v) is 5.09. The van der Waals surface area contributed by atoms with E-state index in [1.807, 2.05) is 0 Å². The molecule has 0 bridgehead atoms. The van der Waals surface area contributed by atoms with Gasteiger partial charge in [0, 0.05) is 13.0 Å². The van der Waals surface area contributed by atoms with E-state index in [-0.39, 0.29) is 0 Å². The van der Waals surface area contributed by atoms with Crippen LogP contribution in [-0.2, 0) is 4.74 Å². The Morgan fingerprint density at radius 2 is 2.43 bits per heavy atom. The maximum absolute atomic E-state index is 5.73. The fraction of sp³-hybridized carbons (Fsp3) is 1.00. The molecule has 0 amide bonds. The van der Waals surface area contributed by atoms with Crippen LogP contribution in [0, 0.1) is 5.92 Å². The van der Waals surface area contributed by atoms with Crippen LogP contribution in [0.1, 0.15) is 33.1 Å². The van der Waals surface area contributed by atoms with Crippen molar-refractivity contribution in [2.75, 3.05) is 18.9 Å². The first kappa shape index (κ1) is 10.8. The number of thioether (sulfide) groups is 1. The standard InChI is InChI=1S/C11H21NOS/c1-3-10-6-11(4-5-13-10)12-7-9(2)8-14-11/h9-10,12H,3-8H2,1-2H3. The Balaban J connectivity index is 1.94. The van der Waals surface area contributed by atoms with E-state index in [4.69, 9.17) is 4.74 Å². The molecule has 0 aromatic rings. The average molecular weight is 215 g/mol. The Kier molecular flexibility index (Phi) is 3.40. The molecule has 2 heterocycles. The summed E-state index contributed by atoms with van der Waals surface area (Å²) >= 11 is 2.12. The predicted molar refractivity (Wildman–Crippen MR) is 61.6 cm³/mol. The Morgan fingerprint density at radius 3 is 3.07 bits per heavy atom. The molecule has 82 valence electrons. The Morgan fingerprint density at radius 1 is 1.57 bits per heavy atom. The summed E-state index contributed by atoms with van der Waals surface area (Å²) in [4.78, 5) is 0.353. The van der Waals surface area contributed by atoms with Crippen molar-refractivity contribution in [2.45, 2.75) is 44.1 Å². The molecule has 0 radical (unpaired) electrons. The van der Waals surface area contributed by atoms with Crippen LogP contribution in [0.2, 0.25) is 0 Å². The zero-order valence-electron chi connectivity index (χ0n) is 9.21. The normalized spacial score (nSPS) is 44.1. The van der Waals surface area contributed by atoms with E-state index in [9.17, 15) is 0 Å². The van der Waals surface area contributed by atoms with Crippen LogP contribution in [0.4, 0.5) is 0 Å². The predicted octanol–water partition coefficient (Wildman–Crippen LogP) is 2.24. The Bertz CT molecular complexity index is 190. The molecule has 3 unspecified atom stereocenters. The maximum atomic E-state index is 5.73. The van der Waals surface area contributed by atoms with Crippen molar-refractivity contribution in [1.82, 2.24) is 5.32 Å². The van der Waals surface area contributed by atoms with Crippen LogP contribution in [0.3, 0.4) is 0 Å². The summed E-state index contributed by atoms with van der Waals surface area (Å²) in [6.45, 7) is 6.67. The molecule has 2 nitrogen and oxygen atoms in total. The van der Waals surface area contributed by atoms with Crippen LogP contribution in [0.25, 0.3) is 0 Å². The van der Waals surface area contributed by atoms with Crippen LogP contribution >= 0.6 is 11.8 Å². The molecule has 0 saturated carbocycles. The van der Waals surface area contributed by atoms with Crippen LogP contribution in [0.5, 0.6) is 0 Å². The van der Waals surface area contributed by atoms with Gasteiger partial charge in [-0.15, -0.1) is 11.8 Å². The van der Waals surface area contributed by atoms with Crippen molar-refractivity contribution in [1.29, 1.82) is 0 Å². The summed E-state index contributed by atoms with van der Waals surface area (Å²) in [7, 11) is 0. The van der Waals surface area contributed by atoms with E-state index in [1.54, 1.807) is 0 Å². The third-order valence-electron chi connectivity index (χ3n) is 3.29. The Labute approximate surface area is 91.2 Å². The highest BCUT2D eigenvalue weighted by Crippen LogP contribution is 2.39. The molecule has 2 aliphatic heterocycles. The smallest absolute Gasteiger partial charge is 0.0692 e. The van der Waals surface area contributed by atoms with E-state index in [0.717, 1.165) is 18.9 Å². The van der Waals surface area contributed by atoms with Crippen molar-refractivity contribution >= 4 is 11.8 Å². The lowest BCUT2D eigenvalue weighted by Gasteiger charge is -2.45. The molecule has 3 heteroatoms. The molecule has 3 atom stereocenters. The molecule has 0 aliphatic carbocycles. The minimum atomic E-state index is 0.353. The van der Waals surface area contributed by atoms with Gasteiger partial charge in [-0.25, -0.2) is 0 Å². The lowest BCUT2D eigenvalue weighted by atomic mass is 9.99. The monoisotopic (exact) mass is 215 g/mol. The first-order valence-corrected chi connectivity index (χ1v) is 6.73. The van der Waals surface area contributed by atoms with Gasteiger partial charge in [0.2, 0.25) is 0 Å². The van der Waals surface area contributed by atoms with Gasteiger partial charge in [-0.05, 0) is 31.1 Å². The molecule has 0 aromatic heterocycles. The van der Waals surface area contributed by atoms with Gasteiger partial charge in [-0.2, -0.15) is 0 Å². The van der Waals surface area contributed by atoms with E-state index in [0.29, 0.717) is 11.0 Å². The largest absolute Gasteiger partial charge is 0.378 e. The van der Waals surface area contributed by atoms with Gasteiger partial charge in [-0.3, -0.25) is 0 Å². The fourth-order valence-corrected chi connectivity index (χ4v) is 3.68. The van der Waals surface area contributed by atoms with Gasteiger partial charge in [-0.1, -0.05) is 13.8 Å². The molecule has 2 aliphatic rings. The molecule has 2 rings (SSSR count). The van der Waals surface area contributed by atoms with Crippen LogP contribution in [0.15, 0.2) is 0 Å². The molecular weight excluding hydrogens is 194 g/mol. The van der Waals surface area contributed by atoms with Gasteiger partial charge in [0.05, 0.1) is 11.0 Å². The minimum Gasteiger partial charge on any atom is -0.378 e. The SMILES string of the molecule is CCC1CC2(CCO1)NCC(C)CS2. The van der Waals surface area contributed by atoms with Gasteiger partial charge in [0.1, 0.15) is 0 Å². The fourth-order valence-electron chi connectivity index (χ4n) is 2.25. The second kappa shape index (κ2) is 4.42. The first-order chi connectivity index (χ1) is 6.74. The minimum absolute atomic E-state index is 0.353. The summed E-state index contributed by atoms with van der Waals surface area (Å²) in [6, 6.07) is 0. The van der Waals surface area contributed by atoms with E-state index < -0.39 is 0 Å². The molecule has 1 spiro atoms. The maximum Gasteiger partial charge on any atom is 0.0692 e. The lowest BCUT2D eigenvalue weighted by molar-refractivity contribution is -0.00888. The summed E-state index contributed by atoms with van der Waals surface area (Å²) in [5.41, 5.74) is 0. The summed E-state index contributed by atoms with van der Waals surface area (Å²) in [5.74, 6) is 2.14. The summed E-state index contributed by atoms with van der Waals surface area (Å²) in [6.07, 6.45) is 4.01. The second-order valence-corrected chi connectivity index (χ2v) is 6.05. The van der Waals surface area contributed by atoms with E-state index >= 15 is 0 Å². The second-order valence-electron chi connectivity index (χ2n) is 4.65.